The Bertz CT molecular complexity index is 3590. The number of nitrogens with two attached hydrogens (primary N) is 1. The molecule has 0 amide bonds. The molecule has 0 spiro atoms. The Morgan fingerprint density at radius 2 is 1.17 bits per heavy atom. The van der Waals surface area contributed by atoms with Crippen LogP contribution in [-0.2, 0) is 34.1 Å². The highest BCUT2D eigenvalue weighted by Crippen LogP contribution is 2.15. The van der Waals surface area contributed by atoms with Gasteiger partial charge in [-0.15, -0.1) is 12.6 Å². The smallest absolute Gasteiger partial charge is 0.346 e. The van der Waals surface area contributed by atoms with Gasteiger partial charge in [0.25, 0.3) is 0 Å². The highest BCUT2D eigenvalue weighted by atomic mass is 32.2. The molecule has 500 valence electrons. The van der Waals surface area contributed by atoms with Crippen molar-refractivity contribution in [3.63, 3.8) is 0 Å². The molecule has 0 saturated carbocycles. The molecule has 25 nitrogen and oxygen atoms in total. The molecule has 0 saturated heterocycles. The first-order valence-electron chi connectivity index (χ1n) is 27.8. The molecule has 0 fully saturated rings. The van der Waals surface area contributed by atoms with Gasteiger partial charge >= 0.3 is 34.9 Å². The molecular weight excluding hydrogens is 1280 g/mol. The SMILES string of the molecule is CB(O)c1ccccn1.CC(=O)/C=C(/C)S.CC(=O)CC(=O)O.CN=CC(=O)O.CN=CCS.C[Si](C)(O)c1ccccn1.Cc1cc(-c2ccccn2)n[nH]1.NCC(=O)O.O=S(=O)(O)c1ccccn1.c1ccc(-c2ccccn2)cc1.c1ccc(-n2cccn2)cc1. The van der Waals surface area contributed by atoms with Crippen molar-refractivity contribution in [3.05, 3.63) is 224 Å². The number of aryl methyl sites for hydroxylation is 1. The Labute approximate surface area is 560 Å². The highest BCUT2D eigenvalue weighted by molar-refractivity contribution is 7.85. The van der Waals surface area contributed by atoms with E-state index in [-0.39, 0.29) is 29.6 Å². The number of aliphatic imine (C=N–C) groups is 2. The summed E-state index contributed by atoms with van der Waals surface area (Å²) in [5.74, 6) is -2.55. The van der Waals surface area contributed by atoms with Crippen LogP contribution in [0.25, 0.3) is 28.3 Å². The van der Waals surface area contributed by atoms with Crippen molar-refractivity contribution in [2.75, 3.05) is 26.4 Å². The summed E-state index contributed by atoms with van der Waals surface area (Å²) < 4.78 is 30.9. The third-order valence-electron chi connectivity index (χ3n) is 9.69. The van der Waals surface area contributed by atoms with Gasteiger partial charge in [0.1, 0.15) is 24.1 Å². The van der Waals surface area contributed by atoms with Crippen molar-refractivity contribution >= 4 is 103 Å². The van der Waals surface area contributed by atoms with Crippen molar-refractivity contribution in [2.24, 2.45) is 15.7 Å². The monoisotopic (exact) mass is 1360 g/mol. The zero-order valence-corrected chi connectivity index (χ0v) is 57.1. The number of ketones is 2. The standard InChI is InChI=1S/C11H9N.C9H9N3.C9H8N2.C7H11NOSi.C6H8BNO.C5H5NO3S.C5H8OS.C4H6O3.C3H5NO2.C3H7NS.C2H5NO2/c1-2-6-10(7-3-1)11-8-4-5-9-12-11;1-7-6-9(12-11-7)8-4-2-3-5-10-8;1-2-5-9(6-3-1)11-8-4-7-10-11;1-10(2,9)7-5-3-4-6-8-7;1-7(9)6-4-2-3-5-8-6;7-10(8,9)5-3-1-2-4-6-5;1-4(6)3-5(2)7;1-3(5)2-4(6)7;1-4-2-3(5)6;1-4-2-3-5;3-1-2(4)5/h1-9H;2-6H,1H3,(H,11,12);1-8H;3-6,9H,1-2H3;2-5,9H,1H3;1-4H,(H,7,8,9);3,7H,1-2H3;2H2,1H3,(H,6,7);2H,1H3,(H,5,6);2,5H,3H2,1H3;1,3H2,(H,4,5)/b;;;;;;5-3-;;;;. The summed E-state index contributed by atoms with van der Waals surface area (Å²) in [6, 6.07) is 51.1. The molecule has 7 heterocycles. The second kappa shape index (κ2) is 52.8. The van der Waals surface area contributed by atoms with E-state index in [0.717, 1.165) is 61.8 Å². The maximum atomic E-state index is 10.3. The van der Waals surface area contributed by atoms with Crippen LogP contribution in [0.1, 0.15) is 32.9 Å². The molecule has 9 aromatic rings. The number of pyridine rings is 5. The number of carbonyl (C=O) groups excluding carboxylic acids is 2. The van der Waals surface area contributed by atoms with Gasteiger partial charge in [-0.2, -0.15) is 31.2 Å². The lowest BCUT2D eigenvalue weighted by molar-refractivity contribution is -0.140. The number of carboxylic acids is 3. The predicted molar refractivity (Wildman–Crippen MR) is 378 cm³/mol. The Morgan fingerprint density at radius 1 is 0.670 bits per heavy atom. The van der Waals surface area contributed by atoms with Crippen molar-refractivity contribution in [2.45, 2.75) is 59.1 Å². The van der Waals surface area contributed by atoms with E-state index >= 15 is 0 Å². The van der Waals surface area contributed by atoms with E-state index in [2.05, 4.69) is 93.3 Å². The van der Waals surface area contributed by atoms with Crippen LogP contribution in [0.2, 0.25) is 19.9 Å². The molecule has 0 atom stereocenters. The van der Waals surface area contributed by atoms with Gasteiger partial charge in [-0.3, -0.25) is 58.8 Å². The Balaban J connectivity index is 0. The Hall–Kier alpha value is -9.79. The first-order chi connectivity index (χ1) is 44.5. The third-order valence-corrected chi connectivity index (χ3v) is 12.3. The zero-order valence-electron chi connectivity index (χ0n) is 53.5. The van der Waals surface area contributed by atoms with Gasteiger partial charge in [0.15, 0.2) is 10.8 Å². The molecule has 2 aromatic carbocycles. The summed E-state index contributed by atoms with van der Waals surface area (Å²) in [6.07, 6.45) is 15.6. The number of H-pyrrole nitrogens is 1. The van der Waals surface area contributed by atoms with Gasteiger partial charge in [-0.25, -0.2) is 14.5 Å². The molecule has 9 N–H and O–H groups in total. The van der Waals surface area contributed by atoms with Crippen LogP contribution in [0, 0.1) is 6.92 Å². The number of carboxylic acid groups (broad SMARTS) is 3. The number of aliphatic carboxylic acids is 3. The fourth-order valence-corrected chi connectivity index (χ4v) is 7.44. The average molecular weight is 1360 g/mol. The van der Waals surface area contributed by atoms with Gasteiger partial charge < -0.3 is 30.9 Å². The highest BCUT2D eigenvalue weighted by Gasteiger charge is 2.20. The fourth-order valence-electron chi connectivity index (χ4n) is 5.75. The molecule has 0 radical (unpaired) electrons. The van der Waals surface area contributed by atoms with Gasteiger partial charge in [-0.05, 0) is 137 Å². The van der Waals surface area contributed by atoms with Gasteiger partial charge in [0, 0.05) is 86.3 Å². The predicted octanol–water partition coefficient (Wildman–Crippen LogP) is 7.99. The number of nitrogens with one attached hydrogen (secondary N) is 1. The minimum absolute atomic E-state index is 0.0486. The topological polar surface area (TPSA) is 403 Å². The summed E-state index contributed by atoms with van der Waals surface area (Å²) in [6.45, 7) is 11.2. The maximum Gasteiger partial charge on any atom is 0.346 e. The number of carbonyl (C=O) groups is 5. The number of aromatic amines is 1. The molecule has 30 heteroatoms. The van der Waals surface area contributed by atoms with Crippen molar-refractivity contribution in [1.82, 2.24) is 44.9 Å². The normalized spacial score (nSPS) is 9.97. The lowest BCUT2D eigenvalue weighted by atomic mass is 9.68. The molecule has 7 aromatic heterocycles. The molecule has 0 bridgehead atoms. The second-order valence-electron chi connectivity index (χ2n) is 18.5. The first kappa shape index (κ1) is 86.3. The summed E-state index contributed by atoms with van der Waals surface area (Å²) in [5.41, 5.74) is 11.4. The van der Waals surface area contributed by atoms with E-state index in [4.69, 9.17) is 24.9 Å². The maximum absolute atomic E-state index is 10.3. The van der Waals surface area contributed by atoms with Crippen LogP contribution in [0.4, 0.5) is 0 Å². The van der Waals surface area contributed by atoms with Crippen molar-refractivity contribution < 1.29 is 62.1 Å². The van der Waals surface area contributed by atoms with Crippen molar-refractivity contribution in [1.29, 1.82) is 0 Å². The largest absolute Gasteiger partial charge is 0.481 e. The molecule has 0 aliphatic rings. The molecule has 0 unspecified atom stereocenters. The van der Waals surface area contributed by atoms with Crippen LogP contribution in [0.15, 0.2) is 233 Å². The number of benzene rings is 2. The van der Waals surface area contributed by atoms with E-state index < -0.39 is 43.3 Å². The number of para-hydroxylation sites is 1. The number of thiol groups is 2. The minimum atomic E-state index is -4.11. The molecule has 0 aliphatic carbocycles. The Kier molecular flexibility index (Phi) is 48.5. The number of hydrogen-bond acceptors (Lipinski definition) is 21. The molecule has 9 rings (SSSR count). The number of hydrogen-bond donors (Lipinski definition) is 10. The number of Topliss-reactive ketones (excluding diaryl/α,β-unsaturated/α-hetero) is 1. The Morgan fingerprint density at radius 3 is 1.44 bits per heavy atom. The third kappa shape index (κ3) is 49.0. The summed E-state index contributed by atoms with van der Waals surface area (Å²) in [7, 11) is -3.12. The van der Waals surface area contributed by atoms with Crippen LogP contribution < -0.4 is 16.6 Å². The second-order valence-corrected chi connectivity index (χ2v) is 24.6. The van der Waals surface area contributed by atoms with Crippen LogP contribution in [0.5, 0.6) is 0 Å². The van der Waals surface area contributed by atoms with E-state index in [0.29, 0.717) is 0 Å². The molecule has 94 heavy (non-hydrogen) atoms. The molecular formula is C64H81BN12O13S3Si. The fraction of sp³-hybridized carbons (Fsp3) is 0.188. The van der Waals surface area contributed by atoms with Gasteiger partial charge in [0.05, 0.1) is 28.9 Å². The zero-order chi connectivity index (χ0) is 71.2. The summed E-state index contributed by atoms with van der Waals surface area (Å²) >= 11 is 7.73. The van der Waals surface area contributed by atoms with Gasteiger partial charge in [-0.1, -0.05) is 85.7 Å². The number of rotatable bonds is 12. The number of aromatic nitrogens is 9. The summed E-state index contributed by atoms with van der Waals surface area (Å²) in [5, 5.41) is 43.8. The molecule has 0 aliphatic heterocycles. The van der Waals surface area contributed by atoms with E-state index in [1.165, 1.54) is 45.3 Å². The van der Waals surface area contributed by atoms with Crippen LogP contribution >= 0.6 is 25.3 Å². The van der Waals surface area contributed by atoms with Crippen LogP contribution in [-0.4, -0.2) is 167 Å². The lowest BCUT2D eigenvalue weighted by Crippen LogP contribution is -2.43. The lowest BCUT2D eigenvalue weighted by Gasteiger charge is -2.11. The number of allylic oxidation sites excluding steroid dienone is 2. The first-order valence-corrected chi connectivity index (χ1v) is 33.2. The quantitative estimate of drug-likeness (QED) is 0.0138. The summed E-state index contributed by atoms with van der Waals surface area (Å²) in [4.78, 5) is 85.3. The van der Waals surface area contributed by atoms with E-state index in [9.17, 15) is 37.2 Å². The van der Waals surface area contributed by atoms with Gasteiger partial charge in [0.2, 0.25) is 8.32 Å². The van der Waals surface area contributed by atoms with E-state index in [1.54, 1.807) is 63.9 Å². The minimum Gasteiger partial charge on any atom is -0.481 e. The van der Waals surface area contributed by atoms with Crippen molar-refractivity contribution in [3.8, 4) is 28.3 Å². The van der Waals surface area contributed by atoms with Crippen LogP contribution in [0.3, 0.4) is 0 Å². The average Bonchev–Trinajstić information content (AvgIpc) is 1.53. The van der Waals surface area contributed by atoms with E-state index in [1.807, 2.05) is 164 Å². The number of nitrogens with zero attached hydrogens (tertiary/aromatic N) is 10.